The Kier molecular flexibility index (Phi) is 26.2. The summed E-state index contributed by atoms with van der Waals surface area (Å²) in [6, 6.07) is 6.88. The Bertz CT molecular complexity index is 5220. The molecule has 8 aromatic rings. The molecule has 0 spiro atoms. The standard InChI is InChI=1S/C21H21F5N4O2.C21H23F5N4O.C20H21F5N4O.C19H19F5N4O/c1-11(31)30-9-6-14-16(10-30)27-28-19(14)20(32)29-7-4-12(5-8-29)13-2-3-15(22)18(23)17(13)21(24,25)26;1-2-29-8-7-14-16(11-29)27-28-19(14)20(31)30-9-5-12(6-10-30)13-3-4-15(22)18(23)17(13)21(24,25)26;1-28-7-6-13-15(10-28)26-27-18(13)19(30)29-8-4-11(5-9-29)12-2-3-14(21)17(22)16(12)20(23,24)25;1-27-8-12-14(9-27)25-26-17(12)18(29)28-6-4-10(5-7-28)11-2-3-13(20)16(21)15(11)19(22,23)24/h2-3,12H,4-10H2,1H3,(H,27,28);3-4,12H,2,5-11H2,1H3,(H,27,28);2-3,11H,4-10H2,1H3,(H,26,27);2-3,10H,4-9H2,1H3,(H,25,26). The van der Waals surface area contributed by atoms with E-state index in [2.05, 4.69) is 57.5 Å². The summed E-state index contributed by atoms with van der Waals surface area (Å²) in [5, 5.41) is 28.1. The number of H-pyrrole nitrogens is 4. The number of carbonyl (C=O) groups is 5. The van der Waals surface area contributed by atoms with Gasteiger partial charge < -0.3 is 29.4 Å². The van der Waals surface area contributed by atoms with Crippen molar-refractivity contribution in [2.45, 2.75) is 166 Å². The summed E-state index contributed by atoms with van der Waals surface area (Å²) in [6.07, 6.45) is -16.3. The van der Waals surface area contributed by atoms with Gasteiger partial charge in [0.2, 0.25) is 5.91 Å². The number of nitrogens with zero attached hydrogens (tertiary/aromatic N) is 12. The second-order valence-electron chi connectivity index (χ2n) is 31.6. The number of carbonyl (C=O) groups excluding carboxylic acids is 5. The second-order valence-corrected chi connectivity index (χ2v) is 31.6. The highest BCUT2D eigenvalue weighted by molar-refractivity contribution is 5.96. The lowest BCUT2D eigenvalue weighted by Crippen LogP contribution is -2.39. The molecule has 21 nitrogen and oxygen atoms in total. The fourth-order valence-corrected chi connectivity index (χ4v) is 17.6. The molecule has 0 radical (unpaired) electrons. The number of aromatic nitrogens is 8. The molecule has 5 amide bonds. The predicted molar refractivity (Wildman–Crippen MR) is 396 cm³/mol. The number of rotatable bonds is 9. The number of likely N-dealkylation sites (tertiary alicyclic amines) is 4. The Labute approximate surface area is 684 Å². The van der Waals surface area contributed by atoms with E-state index < -0.39 is 117 Å². The topological polar surface area (TPSA) is 226 Å². The number of likely N-dealkylation sites (N-methyl/N-ethyl adjacent to an activating group) is 2. The molecule has 8 aliphatic heterocycles. The first-order chi connectivity index (χ1) is 57.6. The van der Waals surface area contributed by atoms with Crippen molar-refractivity contribution >= 4 is 29.5 Å². The molecule has 0 saturated carbocycles. The smallest absolute Gasteiger partial charge is 0.337 e. The average molecular weight is 1740 g/mol. The van der Waals surface area contributed by atoms with Gasteiger partial charge in [0, 0.05) is 127 Å². The van der Waals surface area contributed by atoms with Gasteiger partial charge in [-0.1, -0.05) is 31.2 Å². The largest absolute Gasteiger partial charge is 0.419 e. The maximum Gasteiger partial charge on any atom is 0.419 e. The molecular formula is C81H84F20N16O5. The summed E-state index contributed by atoms with van der Waals surface area (Å²) in [6.45, 7) is 11.2. The normalized spacial score (nSPS) is 18.1. The van der Waals surface area contributed by atoms with Crippen LogP contribution >= 0.6 is 0 Å². The number of amides is 5. The minimum atomic E-state index is -5.02. The number of aromatic amines is 4. The van der Waals surface area contributed by atoms with Gasteiger partial charge in [-0.2, -0.15) is 73.1 Å². The van der Waals surface area contributed by atoms with E-state index in [-0.39, 0.29) is 161 Å². The van der Waals surface area contributed by atoms with Gasteiger partial charge in [-0.15, -0.1) is 0 Å². The summed E-state index contributed by atoms with van der Waals surface area (Å²) < 4.78 is 269. The fourth-order valence-electron chi connectivity index (χ4n) is 17.6. The number of halogens is 20. The quantitative estimate of drug-likeness (QED) is 0.0990. The van der Waals surface area contributed by atoms with Crippen LogP contribution in [0.3, 0.4) is 0 Å². The summed E-state index contributed by atoms with van der Waals surface area (Å²) in [7, 11) is 3.90. The zero-order valence-corrected chi connectivity index (χ0v) is 66.2. The zero-order chi connectivity index (χ0) is 88.1. The minimum Gasteiger partial charge on any atom is -0.337 e. The van der Waals surface area contributed by atoms with Gasteiger partial charge in [-0.25, -0.2) is 35.1 Å². The molecule has 16 rings (SSSR count). The lowest BCUT2D eigenvalue weighted by molar-refractivity contribution is -0.142. The van der Waals surface area contributed by atoms with E-state index in [1.165, 1.54) is 11.8 Å². The first kappa shape index (κ1) is 89.3. The number of benzene rings is 4. The third-order valence-corrected chi connectivity index (χ3v) is 24.1. The second kappa shape index (κ2) is 35.8. The van der Waals surface area contributed by atoms with Crippen molar-refractivity contribution in [1.29, 1.82) is 0 Å². The van der Waals surface area contributed by atoms with E-state index in [0.29, 0.717) is 87.4 Å². The lowest BCUT2D eigenvalue weighted by Gasteiger charge is -2.33. The van der Waals surface area contributed by atoms with Crippen molar-refractivity contribution < 1.29 is 112 Å². The van der Waals surface area contributed by atoms with Gasteiger partial charge in [-0.3, -0.25) is 54.2 Å². The molecule has 4 aromatic carbocycles. The van der Waals surface area contributed by atoms with Crippen molar-refractivity contribution in [3.05, 3.63) is 207 Å². The third-order valence-electron chi connectivity index (χ3n) is 24.1. The predicted octanol–water partition coefficient (Wildman–Crippen LogP) is 15.1. The van der Waals surface area contributed by atoms with E-state index in [1.807, 2.05) is 19.0 Å². The average Bonchev–Trinajstić information content (AvgIpc) is 0.827. The van der Waals surface area contributed by atoms with Crippen LogP contribution < -0.4 is 0 Å². The van der Waals surface area contributed by atoms with Crippen LogP contribution in [0, 0.1) is 46.5 Å². The first-order valence-electron chi connectivity index (χ1n) is 39.6. The molecule has 658 valence electrons. The van der Waals surface area contributed by atoms with Gasteiger partial charge in [0.15, 0.2) is 69.3 Å². The van der Waals surface area contributed by atoms with Crippen LogP contribution in [-0.4, -0.2) is 202 Å². The van der Waals surface area contributed by atoms with E-state index in [1.54, 1.807) is 19.6 Å². The Hall–Kier alpha value is -10.5. The van der Waals surface area contributed by atoms with Crippen LogP contribution in [0.2, 0.25) is 0 Å². The SMILES string of the molecule is CC(=O)N1CCc2c(C(=O)N3CCC(c4ccc(F)c(F)c4C(F)(F)F)CC3)n[nH]c2C1.CCN1CCc2c(C(=O)N3CCC(c4ccc(F)c(F)c4C(F)(F)F)CC3)n[nH]c2C1.CN1CCc2c(C(=O)N3CCC(c4ccc(F)c(F)c4C(F)(F)F)CC3)n[nH]c2C1.CN1Cc2[nH]nc(C(=O)N3CCC(c4ccc(F)c(F)c4C(F)(F)F)CC3)c2C1. The Morgan fingerprint density at radius 2 is 0.598 bits per heavy atom. The number of hydrogen-bond donors (Lipinski definition) is 4. The summed E-state index contributed by atoms with van der Waals surface area (Å²) in [5.74, 6) is -17.3. The monoisotopic (exact) mass is 1740 g/mol. The molecule has 4 N–H and O–H groups in total. The molecule has 12 heterocycles. The summed E-state index contributed by atoms with van der Waals surface area (Å²) >= 11 is 0. The molecule has 122 heavy (non-hydrogen) atoms. The van der Waals surface area contributed by atoms with Crippen molar-refractivity contribution in [2.75, 3.05) is 92.6 Å². The van der Waals surface area contributed by atoms with Gasteiger partial charge in [0.1, 0.15) is 0 Å². The van der Waals surface area contributed by atoms with Crippen LogP contribution in [-0.2, 0) is 81.5 Å². The molecule has 0 unspecified atom stereocenters. The highest BCUT2D eigenvalue weighted by Crippen LogP contribution is 2.47. The lowest BCUT2D eigenvalue weighted by atomic mass is 9.85. The molecule has 0 aliphatic carbocycles. The van der Waals surface area contributed by atoms with Crippen LogP contribution in [0.5, 0.6) is 0 Å². The van der Waals surface area contributed by atoms with E-state index in [4.69, 9.17) is 0 Å². The molecular weight excluding hydrogens is 1660 g/mol. The molecule has 4 saturated heterocycles. The molecule has 8 aliphatic rings. The van der Waals surface area contributed by atoms with Gasteiger partial charge >= 0.3 is 24.7 Å². The van der Waals surface area contributed by atoms with E-state index >= 15 is 0 Å². The first-order valence-corrected chi connectivity index (χ1v) is 39.6. The van der Waals surface area contributed by atoms with Crippen molar-refractivity contribution in [3.8, 4) is 0 Å². The van der Waals surface area contributed by atoms with Gasteiger partial charge in [0.25, 0.3) is 23.6 Å². The Morgan fingerprint density at radius 1 is 0.336 bits per heavy atom. The fraction of sp³-hybridized carbons (Fsp3) is 0.494. The summed E-state index contributed by atoms with van der Waals surface area (Å²) in [4.78, 5) is 77.5. The maximum absolute atomic E-state index is 13.9. The number of alkyl halides is 12. The number of piperidine rings is 4. The maximum atomic E-state index is 13.9. The molecule has 4 aromatic heterocycles. The van der Waals surface area contributed by atoms with E-state index in [9.17, 15) is 112 Å². The van der Waals surface area contributed by atoms with Gasteiger partial charge in [0.05, 0.1) is 51.6 Å². The molecule has 4 fully saturated rings. The highest BCUT2D eigenvalue weighted by atomic mass is 19.4. The molecule has 41 heteroatoms. The van der Waals surface area contributed by atoms with Crippen molar-refractivity contribution in [2.24, 2.45) is 0 Å². The Balaban J connectivity index is 0.000000140. The van der Waals surface area contributed by atoms with Gasteiger partial charge in [-0.05, 0) is 161 Å². The van der Waals surface area contributed by atoms with Crippen LogP contribution in [0.1, 0.15) is 220 Å². The highest BCUT2D eigenvalue weighted by Gasteiger charge is 2.47. The Morgan fingerprint density at radius 3 is 0.893 bits per heavy atom. The molecule has 0 bridgehead atoms. The van der Waals surface area contributed by atoms with Crippen molar-refractivity contribution in [1.82, 2.24) is 80.0 Å². The van der Waals surface area contributed by atoms with Crippen molar-refractivity contribution in [3.63, 3.8) is 0 Å². The molecule has 0 atom stereocenters. The van der Waals surface area contributed by atoms with Crippen LogP contribution in [0.4, 0.5) is 87.8 Å². The number of fused-ring (bicyclic) bond motifs is 4. The summed E-state index contributed by atoms with van der Waals surface area (Å²) in [5.41, 5.74) is 0.854. The minimum absolute atomic E-state index is 0.0735. The van der Waals surface area contributed by atoms with Crippen LogP contribution in [0.15, 0.2) is 48.5 Å². The zero-order valence-electron chi connectivity index (χ0n) is 66.2. The number of hydrogen-bond acceptors (Lipinski definition) is 12. The van der Waals surface area contributed by atoms with Crippen LogP contribution in [0.25, 0.3) is 0 Å². The van der Waals surface area contributed by atoms with E-state index in [0.717, 1.165) is 101 Å². The number of nitrogens with one attached hydrogen (secondary N) is 4. The third kappa shape index (κ3) is 18.7.